The summed E-state index contributed by atoms with van der Waals surface area (Å²) in [4.78, 5) is 2.17. The van der Waals surface area contributed by atoms with Crippen LogP contribution in [0, 0.1) is 13.8 Å². The first-order valence-electron chi connectivity index (χ1n) is 5.17. The lowest BCUT2D eigenvalue weighted by molar-refractivity contribution is 0.411. The molecule has 0 aromatic heterocycles. The Balaban J connectivity index is 3.06. The van der Waals surface area contributed by atoms with Gasteiger partial charge >= 0.3 is 0 Å². The highest BCUT2D eigenvalue weighted by Crippen LogP contribution is 2.28. The van der Waals surface area contributed by atoms with Gasteiger partial charge in [0.25, 0.3) is 0 Å². The molecular weight excluding hydrogens is 188 g/mol. The van der Waals surface area contributed by atoms with Crippen LogP contribution in [0.1, 0.15) is 11.1 Å². The van der Waals surface area contributed by atoms with Crippen LogP contribution in [0.2, 0.25) is 0 Å². The molecule has 0 aliphatic heterocycles. The second kappa shape index (κ2) is 5.03. The average molecular weight is 208 g/mol. The molecule has 0 aliphatic rings. The summed E-state index contributed by atoms with van der Waals surface area (Å²) in [5.74, 6) is 0.942. The molecule has 0 bridgehead atoms. The Bertz CT molecular complexity index is 337. The second-order valence-electron chi connectivity index (χ2n) is 3.75. The van der Waals surface area contributed by atoms with E-state index in [0.29, 0.717) is 6.54 Å². The quantitative estimate of drug-likeness (QED) is 0.818. The van der Waals surface area contributed by atoms with E-state index in [1.54, 1.807) is 7.11 Å². The van der Waals surface area contributed by atoms with Crippen LogP contribution in [0.25, 0.3) is 0 Å². The summed E-state index contributed by atoms with van der Waals surface area (Å²) in [6.45, 7) is 5.72. The van der Waals surface area contributed by atoms with Crippen molar-refractivity contribution in [1.29, 1.82) is 0 Å². The summed E-state index contributed by atoms with van der Waals surface area (Å²) in [6.07, 6.45) is 0. The molecule has 0 radical (unpaired) electrons. The number of nitrogens with two attached hydrogens (primary N) is 1. The smallest absolute Gasteiger partial charge is 0.122 e. The van der Waals surface area contributed by atoms with Crippen molar-refractivity contribution >= 4 is 5.69 Å². The summed E-state index contributed by atoms with van der Waals surface area (Å²) in [5.41, 5.74) is 9.21. The van der Waals surface area contributed by atoms with Gasteiger partial charge in [-0.15, -0.1) is 0 Å². The summed E-state index contributed by atoms with van der Waals surface area (Å²) in [7, 11) is 3.76. The maximum Gasteiger partial charge on any atom is 0.122 e. The van der Waals surface area contributed by atoms with Gasteiger partial charge in [0.05, 0.1) is 7.11 Å². The summed E-state index contributed by atoms with van der Waals surface area (Å²) >= 11 is 0. The van der Waals surface area contributed by atoms with E-state index in [1.807, 2.05) is 6.07 Å². The molecule has 0 amide bonds. The van der Waals surface area contributed by atoms with Crippen LogP contribution in [-0.2, 0) is 0 Å². The Morgan fingerprint density at radius 3 is 2.47 bits per heavy atom. The van der Waals surface area contributed by atoms with Crippen molar-refractivity contribution in [2.75, 3.05) is 32.1 Å². The molecule has 1 rings (SSSR count). The van der Waals surface area contributed by atoms with Crippen molar-refractivity contribution in [3.63, 3.8) is 0 Å². The average Bonchev–Trinajstić information content (AvgIpc) is 2.22. The minimum absolute atomic E-state index is 0.668. The minimum atomic E-state index is 0.668. The molecule has 2 N–H and O–H groups in total. The number of anilines is 1. The highest BCUT2D eigenvalue weighted by molar-refractivity contribution is 5.59. The molecular formula is C12H20N2O. The SMILES string of the molecule is COc1ccc(N(C)CCN)c(C)c1C. The summed E-state index contributed by atoms with van der Waals surface area (Å²) in [5, 5.41) is 0. The first-order valence-corrected chi connectivity index (χ1v) is 5.17. The molecule has 3 heteroatoms. The van der Waals surface area contributed by atoms with E-state index < -0.39 is 0 Å². The van der Waals surface area contributed by atoms with Gasteiger partial charge < -0.3 is 15.4 Å². The number of benzene rings is 1. The molecule has 3 nitrogen and oxygen atoms in total. The van der Waals surface area contributed by atoms with Crippen LogP contribution in [0.4, 0.5) is 5.69 Å². The Morgan fingerprint density at radius 2 is 1.93 bits per heavy atom. The highest BCUT2D eigenvalue weighted by Gasteiger charge is 2.09. The van der Waals surface area contributed by atoms with E-state index in [-0.39, 0.29) is 0 Å². The Hall–Kier alpha value is -1.22. The zero-order valence-corrected chi connectivity index (χ0v) is 10.0. The van der Waals surface area contributed by atoms with Gasteiger partial charge in [-0.1, -0.05) is 0 Å². The van der Waals surface area contributed by atoms with Gasteiger partial charge in [-0.05, 0) is 37.1 Å². The predicted molar refractivity (Wildman–Crippen MR) is 64.8 cm³/mol. The van der Waals surface area contributed by atoms with E-state index >= 15 is 0 Å². The molecule has 84 valence electrons. The lowest BCUT2D eigenvalue weighted by Crippen LogP contribution is -2.25. The summed E-state index contributed by atoms with van der Waals surface area (Å²) in [6, 6.07) is 4.08. The Labute approximate surface area is 91.8 Å². The molecule has 0 aliphatic carbocycles. The molecule has 0 heterocycles. The minimum Gasteiger partial charge on any atom is -0.496 e. The number of hydrogen-bond donors (Lipinski definition) is 1. The van der Waals surface area contributed by atoms with Gasteiger partial charge in [0, 0.05) is 25.8 Å². The highest BCUT2D eigenvalue weighted by atomic mass is 16.5. The lowest BCUT2D eigenvalue weighted by Gasteiger charge is -2.22. The standard InChI is InChI=1S/C12H20N2O/c1-9-10(2)12(15-4)6-5-11(9)14(3)8-7-13/h5-6H,7-8,13H2,1-4H3. The van der Waals surface area contributed by atoms with Crippen LogP contribution in [0.3, 0.4) is 0 Å². The van der Waals surface area contributed by atoms with E-state index in [1.165, 1.54) is 16.8 Å². The molecule has 15 heavy (non-hydrogen) atoms. The van der Waals surface area contributed by atoms with E-state index in [2.05, 4.69) is 31.9 Å². The van der Waals surface area contributed by atoms with Crippen LogP contribution >= 0.6 is 0 Å². The fraction of sp³-hybridized carbons (Fsp3) is 0.500. The van der Waals surface area contributed by atoms with E-state index in [4.69, 9.17) is 10.5 Å². The molecule has 0 spiro atoms. The first-order chi connectivity index (χ1) is 7.11. The van der Waals surface area contributed by atoms with Crippen molar-refractivity contribution in [3.05, 3.63) is 23.3 Å². The maximum absolute atomic E-state index is 5.54. The lowest BCUT2D eigenvalue weighted by atomic mass is 10.1. The van der Waals surface area contributed by atoms with Crippen LogP contribution in [0.15, 0.2) is 12.1 Å². The Kier molecular flexibility index (Phi) is 3.97. The van der Waals surface area contributed by atoms with Gasteiger partial charge in [0.15, 0.2) is 0 Å². The molecule has 0 atom stereocenters. The van der Waals surface area contributed by atoms with Gasteiger partial charge in [-0.3, -0.25) is 0 Å². The van der Waals surface area contributed by atoms with Gasteiger partial charge in [-0.25, -0.2) is 0 Å². The van der Waals surface area contributed by atoms with Crippen molar-refractivity contribution < 1.29 is 4.74 Å². The van der Waals surface area contributed by atoms with E-state index in [0.717, 1.165) is 12.3 Å². The Morgan fingerprint density at radius 1 is 1.27 bits per heavy atom. The zero-order valence-electron chi connectivity index (χ0n) is 10.0. The third kappa shape index (κ3) is 2.42. The van der Waals surface area contributed by atoms with Gasteiger partial charge in [-0.2, -0.15) is 0 Å². The topological polar surface area (TPSA) is 38.5 Å². The fourth-order valence-corrected chi connectivity index (χ4v) is 1.73. The number of hydrogen-bond acceptors (Lipinski definition) is 3. The number of methoxy groups -OCH3 is 1. The first kappa shape index (κ1) is 11.9. The largest absolute Gasteiger partial charge is 0.496 e. The fourth-order valence-electron chi connectivity index (χ4n) is 1.73. The number of ether oxygens (including phenoxy) is 1. The van der Waals surface area contributed by atoms with Gasteiger partial charge in [0.2, 0.25) is 0 Å². The third-order valence-corrected chi connectivity index (χ3v) is 2.80. The molecule has 1 aromatic rings. The number of likely N-dealkylation sites (N-methyl/N-ethyl adjacent to an activating group) is 1. The molecule has 0 unspecified atom stereocenters. The monoisotopic (exact) mass is 208 g/mol. The van der Waals surface area contributed by atoms with Crippen molar-refractivity contribution in [3.8, 4) is 5.75 Å². The van der Waals surface area contributed by atoms with Crippen molar-refractivity contribution in [1.82, 2.24) is 0 Å². The van der Waals surface area contributed by atoms with Crippen molar-refractivity contribution in [2.24, 2.45) is 5.73 Å². The van der Waals surface area contributed by atoms with Crippen molar-refractivity contribution in [2.45, 2.75) is 13.8 Å². The second-order valence-corrected chi connectivity index (χ2v) is 3.75. The molecule has 1 aromatic carbocycles. The van der Waals surface area contributed by atoms with Crippen LogP contribution in [0.5, 0.6) is 5.75 Å². The molecule has 0 saturated heterocycles. The molecule has 0 fully saturated rings. The summed E-state index contributed by atoms with van der Waals surface area (Å²) < 4.78 is 5.28. The molecule has 0 saturated carbocycles. The number of rotatable bonds is 4. The predicted octanol–water partition coefficient (Wildman–Crippen LogP) is 1.71. The van der Waals surface area contributed by atoms with Gasteiger partial charge in [0.1, 0.15) is 5.75 Å². The maximum atomic E-state index is 5.54. The van der Waals surface area contributed by atoms with Crippen LogP contribution in [-0.4, -0.2) is 27.2 Å². The van der Waals surface area contributed by atoms with E-state index in [9.17, 15) is 0 Å². The van der Waals surface area contributed by atoms with Crippen LogP contribution < -0.4 is 15.4 Å². The zero-order chi connectivity index (χ0) is 11.4. The number of nitrogens with zero attached hydrogens (tertiary/aromatic N) is 1. The normalized spacial score (nSPS) is 10.2. The third-order valence-electron chi connectivity index (χ3n) is 2.80.